The van der Waals surface area contributed by atoms with Crippen LogP contribution in [-0.2, 0) is 10.2 Å². The van der Waals surface area contributed by atoms with Crippen LogP contribution in [0.15, 0.2) is 114 Å². The molecule has 1 amide bonds. The van der Waals surface area contributed by atoms with Crippen molar-refractivity contribution in [2.75, 3.05) is 0 Å². The maximum Gasteiger partial charge on any atom is 0.244 e. The molecule has 1 saturated carbocycles. The summed E-state index contributed by atoms with van der Waals surface area (Å²) in [5, 5.41) is 4.28. The predicted molar refractivity (Wildman–Crippen MR) is 128 cm³/mol. The first-order chi connectivity index (χ1) is 15.2. The predicted octanol–water partition coefficient (Wildman–Crippen LogP) is 5.75. The highest BCUT2D eigenvalue weighted by atomic mass is 16.2. The molecule has 1 N–H and O–H groups in total. The second-order valence-electron chi connectivity index (χ2n) is 7.82. The number of hydrazone groups is 1. The van der Waals surface area contributed by atoms with Crippen LogP contribution in [-0.4, -0.2) is 11.6 Å². The van der Waals surface area contributed by atoms with E-state index >= 15 is 0 Å². The van der Waals surface area contributed by atoms with E-state index < -0.39 is 0 Å². The van der Waals surface area contributed by atoms with E-state index in [0.717, 1.165) is 17.7 Å². The quantitative estimate of drug-likeness (QED) is 0.303. The molecule has 0 unspecified atom stereocenters. The number of carbonyl (C=O) groups excluding carboxylic acids is 1. The van der Waals surface area contributed by atoms with Gasteiger partial charge in [0.25, 0.3) is 0 Å². The van der Waals surface area contributed by atoms with E-state index in [9.17, 15) is 4.79 Å². The normalized spacial score (nSPS) is 17.7. The Labute approximate surface area is 183 Å². The Hall–Kier alpha value is -3.72. The van der Waals surface area contributed by atoms with E-state index in [4.69, 9.17) is 0 Å². The summed E-state index contributed by atoms with van der Waals surface area (Å²) >= 11 is 0. The lowest BCUT2D eigenvalue weighted by atomic mass is 9.85. The highest BCUT2D eigenvalue weighted by Gasteiger charge is 2.60. The van der Waals surface area contributed by atoms with Gasteiger partial charge in [0.2, 0.25) is 5.91 Å². The summed E-state index contributed by atoms with van der Waals surface area (Å²) in [5.41, 5.74) is 6.73. The zero-order chi connectivity index (χ0) is 21.5. The Balaban J connectivity index is 1.42. The molecule has 4 rings (SSSR count). The number of nitrogens with zero attached hydrogens (tertiary/aromatic N) is 1. The molecule has 1 atom stereocenters. The summed E-state index contributed by atoms with van der Waals surface area (Å²) in [6, 6.07) is 30.7. The van der Waals surface area contributed by atoms with Gasteiger partial charge in [0.05, 0.1) is 11.6 Å². The van der Waals surface area contributed by atoms with Gasteiger partial charge in [-0.05, 0) is 36.1 Å². The fraction of sp³-hybridized carbons (Fsp3) is 0.143. The van der Waals surface area contributed by atoms with E-state index in [2.05, 4.69) is 34.8 Å². The van der Waals surface area contributed by atoms with Crippen molar-refractivity contribution in [1.29, 1.82) is 0 Å². The zero-order valence-corrected chi connectivity index (χ0v) is 17.6. The lowest BCUT2D eigenvalue weighted by Crippen LogP contribution is -2.26. The average molecular weight is 407 g/mol. The Bertz CT molecular complexity index is 1060. The molecule has 1 fully saturated rings. The van der Waals surface area contributed by atoms with Crippen molar-refractivity contribution in [2.24, 2.45) is 11.0 Å². The Morgan fingerprint density at radius 3 is 2.00 bits per heavy atom. The van der Waals surface area contributed by atoms with Crippen LogP contribution in [0.3, 0.4) is 0 Å². The van der Waals surface area contributed by atoms with Gasteiger partial charge in [-0.25, -0.2) is 5.43 Å². The number of rotatable bonds is 7. The molecule has 3 aromatic carbocycles. The average Bonchev–Trinajstić information content (AvgIpc) is 3.59. The van der Waals surface area contributed by atoms with Crippen molar-refractivity contribution in [2.45, 2.75) is 18.8 Å². The molecule has 1 aliphatic carbocycles. The largest absolute Gasteiger partial charge is 0.273 e. The van der Waals surface area contributed by atoms with Crippen LogP contribution in [0.1, 0.15) is 30.0 Å². The molecule has 1 aliphatic rings. The zero-order valence-electron chi connectivity index (χ0n) is 17.6. The van der Waals surface area contributed by atoms with Crippen LogP contribution in [0, 0.1) is 5.92 Å². The van der Waals surface area contributed by atoms with Crippen molar-refractivity contribution in [1.82, 2.24) is 5.43 Å². The first-order valence-electron chi connectivity index (χ1n) is 10.5. The molecule has 0 heterocycles. The standard InChI is InChI=1S/C28H26N2O/c1-22(13-11-12-16-23-14-5-2-6-15-23)29-30-27(31)26-21-28(26,24-17-7-3-8-18-24)25-19-9-4-10-20-25/h2-20,26H,21H2,1H3,(H,30,31)/b13-11+,16-12-,29-22?/t26-/m1/s1. The van der Waals surface area contributed by atoms with Gasteiger partial charge in [-0.1, -0.05) is 109 Å². The Kier molecular flexibility index (Phi) is 6.23. The number of allylic oxidation sites excluding steroid dienone is 3. The third-order valence-electron chi connectivity index (χ3n) is 5.73. The molecule has 31 heavy (non-hydrogen) atoms. The molecule has 0 radical (unpaired) electrons. The molecule has 154 valence electrons. The summed E-state index contributed by atoms with van der Waals surface area (Å²) in [7, 11) is 0. The maximum absolute atomic E-state index is 12.9. The van der Waals surface area contributed by atoms with Crippen molar-refractivity contribution in [3.63, 3.8) is 0 Å². The van der Waals surface area contributed by atoms with Crippen molar-refractivity contribution < 1.29 is 4.79 Å². The summed E-state index contributed by atoms with van der Waals surface area (Å²) in [4.78, 5) is 12.9. The van der Waals surface area contributed by atoms with Gasteiger partial charge in [0, 0.05) is 5.41 Å². The van der Waals surface area contributed by atoms with Crippen LogP contribution in [0.2, 0.25) is 0 Å². The van der Waals surface area contributed by atoms with Gasteiger partial charge in [-0.3, -0.25) is 4.79 Å². The first-order valence-corrected chi connectivity index (χ1v) is 10.5. The molecule has 0 aliphatic heterocycles. The monoisotopic (exact) mass is 406 g/mol. The minimum atomic E-state index is -0.274. The van der Waals surface area contributed by atoms with Crippen LogP contribution in [0.25, 0.3) is 6.08 Å². The number of hydrogen-bond donors (Lipinski definition) is 1. The second kappa shape index (κ2) is 9.40. The molecule has 0 spiro atoms. The summed E-state index contributed by atoms with van der Waals surface area (Å²) in [6.07, 6.45) is 8.59. The fourth-order valence-electron chi connectivity index (χ4n) is 4.04. The second-order valence-corrected chi connectivity index (χ2v) is 7.82. The van der Waals surface area contributed by atoms with Crippen molar-refractivity contribution in [3.8, 4) is 0 Å². The van der Waals surface area contributed by atoms with Gasteiger partial charge in [-0.15, -0.1) is 0 Å². The van der Waals surface area contributed by atoms with Gasteiger partial charge in [-0.2, -0.15) is 5.10 Å². The van der Waals surface area contributed by atoms with Crippen LogP contribution in [0.4, 0.5) is 0 Å². The van der Waals surface area contributed by atoms with Crippen molar-refractivity contribution >= 4 is 17.7 Å². The van der Waals surface area contributed by atoms with Gasteiger partial charge < -0.3 is 0 Å². The summed E-state index contributed by atoms with van der Waals surface area (Å²) in [5.74, 6) is -0.170. The van der Waals surface area contributed by atoms with Gasteiger partial charge in [0.1, 0.15) is 0 Å². The lowest BCUT2D eigenvalue weighted by Gasteiger charge is -2.18. The number of amides is 1. The number of benzene rings is 3. The molecule has 0 aromatic heterocycles. The fourth-order valence-corrected chi connectivity index (χ4v) is 4.04. The van der Waals surface area contributed by atoms with E-state index in [1.54, 1.807) is 0 Å². The molecular weight excluding hydrogens is 380 g/mol. The van der Waals surface area contributed by atoms with E-state index in [1.165, 1.54) is 11.1 Å². The summed E-state index contributed by atoms with van der Waals surface area (Å²) < 4.78 is 0. The minimum Gasteiger partial charge on any atom is -0.273 e. The van der Waals surface area contributed by atoms with Crippen LogP contribution < -0.4 is 5.43 Å². The highest BCUT2D eigenvalue weighted by molar-refractivity contribution is 5.94. The maximum atomic E-state index is 12.9. The highest BCUT2D eigenvalue weighted by Crippen LogP contribution is 2.58. The van der Waals surface area contributed by atoms with Gasteiger partial charge >= 0.3 is 0 Å². The van der Waals surface area contributed by atoms with Crippen LogP contribution >= 0.6 is 0 Å². The SMILES string of the molecule is CC(/C=C/C=C\c1ccccc1)=NNC(=O)[C@H]1CC1(c1ccccc1)c1ccccc1. The lowest BCUT2D eigenvalue weighted by molar-refractivity contribution is -0.122. The topological polar surface area (TPSA) is 41.5 Å². The number of carbonyl (C=O) groups is 1. The molecular formula is C28H26N2O. The Morgan fingerprint density at radius 2 is 1.42 bits per heavy atom. The molecule has 0 saturated heterocycles. The molecule has 0 bridgehead atoms. The Morgan fingerprint density at radius 1 is 0.871 bits per heavy atom. The van der Waals surface area contributed by atoms with E-state index in [-0.39, 0.29) is 17.2 Å². The molecule has 3 aromatic rings. The molecule has 3 heteroatoms. The third kappa shape index (κ3) is 4.72. The van der Waals surface area contributed by atoms with Crippen LogP contribution in [0.5, 0.6) is 0 Å². The minimum absolute atomic E-state index is 0.0414. The summed E-state index contributed by atoms with van der Waals surface area (Å²) in [6.45, 7) is 1.88. The molecule has 3 nitrogen and oxygen atoms in total. The van der Waals surface area contributed by atoms with E-state index in [0.29, 0.717) is 0 Å². The smallest absolute Gasteiger partial charge is 0.244 e. The van der Waals surface area contributed by atoms with Crippen molar-refractivity contribution in [3.05, 3.63) is 126 Å². The van der Waals surface area contributed by atoms with E-state index in [1.807, 2.05) is 98.0 Å². The number of hydrogen-bond acceptors (Lipinski definition) is 2. The first kappa shape index (κ1) is 20.5. The third-order valence-corrected chi connectivity index (χ3v) is 5.73. The number of nitrogens with one attached hydrogen (secondary N) is 1. The van der Waals surface area contributed by atoms with Gasteiger partial charge in [0.15, 0.2) is 0 Å².